The van der Waals surface area contributed by atoms with Crippen LogP contribution < -0.4 is 10.0 Å². The quantitative estimate of drug-likeness (QED) is 0.651. The van der Waals surface area contributed by atoms with Gasteiger partial charge in [0.25, 0.3) is 0 Å². The second-order valence-electron chi connectivity index (χ2n) is 5.82. The highest BCUT2D eigenvalue weighted by Crippen LogP contribution is 2.24. The molecule has 6 nitrogen and oxygen atoms in total. The Morgan fingerprint density at radius 1 is 1.23 bits per heavy atom. The highest BCUT2D eigenvalue weighted by molar-refractivity contribution is 7.88. The Balaban J connectivity index is 1.76. The van der Waals surface area contributed by atoms with E-state index in [1.54, 1.807) is 36.5 Å². The number of hydrogen-bond acceptors (Lipinski definition) is 5. The first-order valence-corrected chi connectivity index (χ1v) is 10.7. The lowest BCUT2D eigenvalue weighted by molar-refractivity contribution is -0.116. The number of anilines is 1. The van der Waals surface area contributed by atoms with E-state index in [0.29, 0.717) is 16.3 Å². The lowest BCUT2D eigenvalue weighted by atomic mass is 10.0. The van der Waals surface area contributed by atoms with Crippen molar-refractivity contribution in [2.75, 3.05) is 11.6 Å². The predicted molar refractivity (Wildman–Crippen MR) is 105 cm³/mol. The zero-order chi connectivity index (χ0) is 18.7. The molecule has 1 amide bonds. The van der Waals surface area contributed by atoms with Gasteiger partial charge in [-0.2, -0.15) is 4.37 Å². The summed E-state index contributed by atoms with van der Waals surface area (Å²) < 4.78 is 30.9. The number of carbonyl (C=O) groups is 1. The predicted octanol–water partition coefficient (Wildman–Crippen LogP) is 3.57. The van der Waals surface area contributed by atoms with Crippen LogP contribution in [0.25, 0.3) is 10.1 Å². The number of amides is 1. The molecule has 0 unspecified atom stereocenters. The van der Waals surface area contributed by atoms with Gasteiger partial charge in [0.1, 0.15) is 0 Å². The maximum absolute atomic E-state index is 12.4. The zero-order valence-corrected chi connectivity index (χ0v) is 16.2. The summed E-state index contributed by atoms with van der Waals surface area (Å²) in [5.41, 5.74) is 1.30. The minimum absolute atomic E-state index is 0.0470. The van der Waals surface area contributed by atoms with Crippen molar-refractivity contribution in [1.82, 2.24) is 9.10 Å². The van der Waals surface area contributed by atoms with E-state index in [4.69, 9.17) is 11.6 Å². The molecule has 3 aromatic rings. The number of benzene rings is 2. The summed E-state index contributed by atoms with van der Waals surface area (Å²) in [5.74, 6) is -0.302. The molecule has 0 radical (unpaired) electrons. The topological polar surface area (TPSA) is 88.2 Å². The molecule has 1 heterocycles. The van der Waals surface area contributed by atoms with Gasteiger partial charge in [-0.25, -0.2) is 13.1 Å². The Morgan fingerprint density at radius 2 is 1.96 bits per heavy atom. The van der Waals surface area contributed by atoms with E-state index >= 15 is 0 Å². The van der Waals surface area contributed by atoms with E-state index in [1.165, 1.54) is 11.5 Å². The number of nitrogens with one attached hydrogen (secondary N) is 2. The Kier molecular flexibility index (Phi) is 5.57. The molecule has 0 aliphatic heterocycles. The fraction of sp³-hybridized carbons (Fsp3) is 0.176. The van der Waals surface area contributed by atoms with Crippen LogP contribution >= 0.6 is 23.1 Å². The highest BCUT2D eigenvalue weighted by atomic mass is 35.5. The van der Waals surface area contributed by atoms with Crippen LogP contribution in [-0.2, 0) is 14.8 Å². The summed E-state index contributed by atoms with van der Waals surface area (Å²) in [4.78, 5) is 12.4. The summed E-state index contributed by atoms with van der Waals surface area (Å²) in [7, 11) is -3.49. The average Bonchev–Trinajstić information content (AvgIpc) is 3.01. The number of carbonyl (C=O) groups excluding carboxylic acids is 1. The van der Waals surface area contributed by atoms with Gasteiger partial charge < -0.3 is 5.32 Å². The molecule has 0 fully saturated rings. The van der Waals surface area contributed by atoms with Crippen molar-refractivity contribution < 1.29 is 13.2 Å². The number of halogens is 1. The van der Waals surface area contributed by atoms with E-state index in [1.807, 2.05) is 12.1 Å². The summed E-state index contributed by atoms with van der Waals surface area (Å²) in [6.07, 6.45) is 2.75. The highest BCUT2D eigenvalue weighted by Gasteiger charge is 2.20. The Labute approximate surface area is 160 Å². The molecule has 0 aliphatic carbocycles. The van der Waals surface area contributed by atoms with Crippen LogP contribution in [0, 0.1) is 0 Å². The monoisotopic (exact) mass is 409 g/mol. The summed E-state index contributed by atoms with van der Waals surface area (Å²) in [6, 6.07) is 11.5. The number of sulfonamides is 1. The van der Waals surface area contributed by atoms with E-state index in [-0.39, 0.29) is 12.3 Å². The number of rotatable bonds is 6. The van der Waals surface area contributed by atoms with Gasteiger partial charge in [0.2, 0.25) is 15.9 Å². The average molecular weight is 410 g/mol. The van der Waals surface area contributed by atoms with Crippen molar-refractivity contribution in [1.29, 1.82) is 0 Å². The maximum atomic E-state index is 12.4. The normalized spacial score (nSPS) is 12.8. The third-order valence-corrected chi connectivity index (χ3v) is 5.40. The molecule has 1 atom stereocenters. The van der Waals surface area contributed by atoms with Gasteiger partial charge in [0.15, 0.2) is 0 Å². The number of fused-ring (bicyclic) bond motifs is 1. The second-order valence-corrected chi connectivity index (χ2v) is 8.87. The third kappa shape index (κ3) is 5.01. The number of hydrogen-bond donors (Lipinski definition) is 2. The minimum atomic E-state index is -3.49. The van der Waals surface area contributed by atoms with E-state index in [9.17, 15) is 13.2 Å². The molecular formula is C17H16ClN3O3S2. The van der Waals surface area contributed by atoms with E-state index < -0.39 is 16.1 Å². The molecule has 2 aromatic carbocycles. The van der Waals surface area contributed by atoms with Crippen LogP contribution in [0.3, 0.4) is 0 Å². The van der Waals surface area contributed by atoms with Crippen LogP contribution in [0.5, 0.6) is 0 Å². The summed E-state index contributed by atoms with van der Waals surface area (Å²) in [6.45, 7) is 0. The lowest BCUT2D eigenvalue weighted by Crippen LogP contribution is -2.30. The van der Waals surface area contributed by atoms with Crippen LogP contribution in [0.1, 0.15) is 18.0 Å². The Bertz CT molecular complexity index is 1030. The Morgan fingerprint density at radius 3 is 2.65 bits per heavy atom. The smallest absolute Gasteiger partial charge is 0.226 e. The maximum Gasteiger partial charge on any atom is 0.226 e. The molecular weight excluding hydrogens is 394 g/mol. The lowest BCUT2D eigenvalue weighted by Gasteiger charge is -2.18. The molecule has 2 N–H and O–H groups in total. The van der Waals surface area contributed by atoms with Gasteiger partial charge in [0.05, 0.1) is 17.0 Å². The first-order chi connectivity index (χ1) is 12.3. The van der Waals surface area contributed by atoms with Crippen molar-refractivity contribution >= 4 is 54.8 Å². The molecule has 0 saturated heterocycles. The first-order valence-electron chi connectivity index (χ1n) is 7.67. The van der Waals surface area contributed by atoms with E-state index in [2.05, 4.69) is 14.4 Å². The fourth-order valence-corrected chi connectivity index (χ4v) is 4.02. The van der Waals surface area contributed by atoms with Crippen LogP contribution in [0.2, 0.25) is 5.02 Å². The fourth-order valence-electron chi connectivity index (χ4n) is 2.53. The molecule has 1 aromatic heterocycles. The molecule has 0 bridgehead atoms. The SMILES string of the molecule is CS(=O)(=O)N[C@H](CC(=O)Nc1ccc2sncc2c1)c1ccc(Cl)cc1. The van der Waals surface area contributed by atoms with Crippen LogP contribution in [0.15, 0.2) is 48.7 Å². The van der Waals surface area contributed by atoms with Crippen molar-refractivity contribution in [3.05, 3.63) is 59.2 Å². The van der Waals surface area contributed by atoms with Gasteiger partial charge >= 0.3 is 0 Å². The molecule has 9 heteroatoms. The minimum Gasteiger partial charge on any atom is -0.326 e. The zero-order valence-electron chi connectivity index (χ0n) is 13.8. The molecule has 26 heavy (non-hydrogen) atoms. The Hall–Kier alpha value is -2.00. The summed E-state index contributed by atoms with van der Waals surface area (Å²) in [5, 5.41) is 4.28. The van der Waals surface area contributed by atoms with Gasteiger partial charge in [-0.05, 0) is 47.4 Å². The van der Waals surface area contributed by atoms with Crippen molar-refractivity contribution in [2.45, 2.75) is 12.5 Å². The largest absolute Gasteiger partial charge is 0.326 e. The van der Waals surface area contributed by atoms with Crippen LogP contribution in [-0.4, -0.2) is 25.0 Å². The second kappa shape index (κ2) is 7.71. The van der Waals surface area contributed by atoms with Gasteiger partial charge in [0, 0.05) is 28.7 Å². The number of nitrogens with zero attached hydrogens (tertiary/aromatic N) is 1. The first kappa shape index (κ1) is 18.8. The van der Waals surface area contributed by atoms with Crippen molar-refractivity contribution in [3.8, 4) is 0 Å². The van der Waals surface area contributed by atoms with Gasteiger partial charge in [-0.15, -0.1) is 0 Å². The van der Waals surface area contributed by atoms with Crippen molar-refractivity contribution in [2.24, 2.45) is 0 Å². The third-order valence-electron chi connectivity index (χ3n) is 3.65. The standard InChI is InChI=1S/C17H16ClN3O3S2/c1-26(23,24)21-15(11-2-4-13(18)5-3-11)9-17(22)20-14-6-7-16-12(8-14)10-19-25-16/h2-8,10,15,21H,9H2,1H3,(H,20,22)/t15-/m1/s1. The molecule has 0 saturated carbocycles. The molecule has 136 valence electrons. The van der Waals surface area contributed by atoms with E-state index in [0.717, 1.165) is 16.3 Å². The molecule has 0 aliphatic rings. The van der Waals surface area contributed by atoms with Gasteiger partial charge in [-0.3, -0.25) is 4.79 Å². The van der Waals surface area contributed by atoms with Crippen LogP contribution in [0.4, 0.5) is 5.69 Å². The molecule has 3 rings (SSSR count). The molecule has 0 spiro atoms. The number of aromatic nitrogens is 1. The summed E-state index contributed by atoms with van der Waals surface area (Å²) >= 11 is 7.26. The van der Waals surface area contributed by atoms with Gasteiger partial charge in [-0.1, -0.05) is 23.7 Å². The van der Waals surface area contributed by atoms with Crippen molar-refractivity contribution in [3.63, 3.8) is 0 Å².